The second-order valence-electron chi connectivity index (χ2n) is 4.43. The van der Waals surface area contributed by atoms with Gasteiger partial charge in [-0.15, -0.1) is 0 Å². The molecule has 0 aliphatic heterocycles. The molecule has 0 N–H and O–H groups in total. The van der Waals surface area contributed by atoms with E-state index >= 15 is 0 Å². The van der Waals surface area contributed by atoms with Crippen LogP contribution < -0.4 is 4.90 Å². The van der Waals surface area contributed by atoms with Gasteiger partial charge in [0.2, 0.25) is 11.8 Å². The van der Waals surface area contributed by atoms with Crippen LogP contribution in [-0.2, 0) is 18.6 Å². The molecule has 0 atom stereocenters. The van der Waals surface area contributed by atoms with Crippen LogP contribution in [-0.4, -0.2) is 20.2 Å². The average Bonchev–Trinajstić information content (AvgIpc) is 2.48. The highest BCUT2D eigenvalue weighted by molar-refractivity contribution is 8.13. The van der Waals surface area contributed by atoms with Crippen molar-refractivity contribution in [2.24, 2.45) is 0 Å². The van der Waals surface area contributed by atoms with Crippen molar-refractivity contribution >= 4 is 37.2 Å². The van der Waals surface area contributed by atoms with Gasteiger partial charge in [0.05, 0.1) is 5.69 Å². The number of imide groups is 1. The van der Waals surface area contributed by atoms with E-state index in [1.54, 1.807) is 0 Å². The molecule has 0 heterocycles. The van der Waals surface area contributed by atoms with Crippen LogP contribution >= 0.6 is 10.7 Å². The molecule has 0 aromatic heterocycles. The van der Waals surface area contributed by atoms with Crippen molar-refractivity contribution in [3.05, 3.63) is 60.7 Å². The number of carbonyl (C=O) groups is 2. The summed E-state index contributed by atoms with van der Waals surface area (Å²) in [6.07, 6.45) is 0. The highest BCUT2D eigenvalue weighted by Gasteiger charge is 2.24. The van der Waals surface area contributed by atoms with Gasteiger partial charge in [0.15, 0.2) is 0 Å². The van der Waals surface area contributed by atoms with Crippen molar-refractivity contribution in [3.63, 3.8) is 0 Å². The van der Waals surface area contributed by atoms with Crippen LogP contribution in [0.1, 0.15) is 13.8 Å². The van der Waals surface area contributed by atoms with E-state index in [0.29, 0.717) is 0 Å². The van der Waals surface area contributed by atoms with E-state index in [4.69, 9.17) is 10.7 Å². The lowest BCUT2D eigenvalue weighted by molar-refractivity contribution is -0.124. The molecule has 0 aliphatic carbocycles. The second kappa shape index (κ2) is 8.45. The Hall–Kier alpha value is -2.18. The van der Waals surface area contributed by atoms with E-state index in [2.05, 4.69) is 0 Å². The fourth-order valence-corrected chi connectivity index (χ4v) is 2.84. The van der Waals surface area contributed by atoms with Crippen molar-refractivity contribution in [2.75, 3.05) is 4.90 Å². The summed E-state index contributed by atoms with van der Waals surface area (Å²) in [5, 5.41) is 0. The lowest BCUT2D eigenvalue weighted by Gasteiger charge is -2.19. The van der Waals surface area contributed by atoms with Gasteiger partial charge in [-0.2, -0.15) is 0 Å². The largest absolute Gasteiger partial charge is 0.274 e. The molecule has 2 aromatic carbocycles. The Labute approximate surface area is 139 Å². The third kappa shape index (κ3) is 5.84. The highest BCUT2D eigenvalue weighted by Crippen LogP contribution is 2.28. The molecule has 2 amide bonds. The van der Waals surface area contributed by atoms with Crippen LogP contribution in [0.15, 0.2) is 65.6 Å². The van der Waals surface area contributed by atoms with Crippen molar-refractivity contribution in [3.8, 4) is 0 Å². The Morgan fingerprint density at radius 3 is 1.57 bits per heavy atom. The molecule has 0 spiro atoms. The van der Waals surface area contributed by atoms with E-state index in [-0.39, 0.29) is 10.6 Å². The maximum absolute atomic E-state index is 11.3. The molecular weight excluding hydrogens is 338 g/mol. The number of rotatable bonds is 2. The fourth-order valence-electron chi connectivity index (χ4n) is 1.79. The van der Waals surface area contributed by atoms with Gasteiger partial charge in [-0.3, -0.25) is 9.59 Å². The van der Waals surface area contributed by atoms with E-state index < -0.39 is 20.9 Å². The van der Waals surface area contributed by atoms with Crippen LogP contribution in [0.4, 0.5) is 5.69 Å². The summed E-state index contributed by atoms with van der Waals surface area (Å²) >= 11 is 0. The van der Waals surface area contributed by atoms with Gasteiger partial charge in [0, 0.05) is 24.5 Å². The predicted molar refractivity (Wildman–Crippen MR) is 89.8 cm³/mol. The molecule has 0 saturated carbocycles. The number of hydrogen-bond acceptors (Lipinski definition) is 4. The van der Waals surface area contributed by atoms with E-state index in [9.17, 15) is 18.0 Å². The number of halogens is 1. The standard InChI is InChI=1S/C10H10ClNO4S.C6H6/c1-7(13)12(8(2)14)9-5-3-4-6-10(9)17(11,15)16;1-2-4-6-5-3-1/h3-6H,1-2H3;1-6H. The SMILES string of the molecule is CC(=O)N(C(C)=O)c1ccccc1S(=O)(=O)Cl.c1ccccc1. The second-order valence-corrected chi connectivity index (χ2v) is 6.97. The minimum absolute atomic E-state index is 0.0394. The molecule has 0 bridgehead atoms. The number of nitrogens with zero attached hydrogens (tertiary/aromatic N) is 1. The molecule has 7 heteroatoms. The first-order valence-electron chi connectivity index (χ1n) is 6.60. The zero-order valence-electron chi connectivity index (χ0n) is 12.6. The Bertz CT molecular complexity index is 735. The minimum Gasteiger partial charge on any atom is -0.274 e. The summed E-state index contributed by atoms with van der Waals surface area (Å²) in [5.41, 5.74) is -0.0394. The van der Waals surface area contributed by atoms with Crippen molar-refractivity contribution in [2.45, 2.75) is 18.7 Å². The molecule has 0 unspecified atom stereocenters. The summed E-state index contributed by atoms with van der Waals surface area (Å²) in [5.74, 6) is -1.16. The minimum atomic E-state index is -4.02. The predicted octanol–water partition coefficient (Wildman–Crippen LogP) is 3.20. The lowest BCUT2D eigenvalue weighted by Crippen LogP contribution is -2.33. The fraction of sp³-hybridized carbons (Fsp3) is 0.125. The Morgan fingerprint density at radius 1 is 0.826 bits per heavy atom. The molecule has 122 valence electrons. The van der Waals surface area contributed by atoms with Gasteiger partial charge in [-0.1, -0.05) is 48.5 Å². The smallest absolute Gasteiger partial charge is 0.263 e. The quantitative estimate of drug-likeness (QED) is 0.777. The summed E-state index contributed by atoms with van der Waals surface area (Å²) in [4.78, 5) is 23.2. The monoisotopic (exact) mass is 353 g/mol. The van der Waals surface area contributed by atoms with Crippen LogP contribution in [0.2, 0.25) is 0 Å². The lowest BCUT2D eigenvalue weighted by atomic mass is 10.3. The number of carbonyl (C=O) groups excluding carboxylic acids is 2. The maximum atomic E-state index is 11.3. The Morgan fingerprint density at radius 2 is 1.22 bits per heavy atom. The normalized spacial score (nSPS) is 10.2. The van der Waals surface area contributed by atoms with E-state index in [1.165, 1.54) is 38.1 Å². The Kier molecular flexibility index (Phi) is 6.93. The zero-order chi connectivity index (χ0) is 17.5. The zero-order valence-corrected chi connectivity index (χ0v) is 14.2. The third-order valence-corrected chi connectivity index (χ3v) is 4.03. The van der Waals surface area contributed by atoms with E-state index in [1.807, 2.05) is 36.4 Å². The van der Waals surface area contributed by atoms with Gasteiger partial charge in [0.1, 0.15) is 4.90 Å². The summed E-state index contributed by atoms with van der Waals surface area (Å²) in [7, 11) is 1.22. The number of benzene rings is 2. The highest BCUT2D eigenvalue weighted by atomic mass is 35.7. The molecule has 23 heavy (non-hydrogen) atoms. The molecule has 0 fully saturated rings. The molecule has 0 saturated heterocycles. The average molecular weight is 354 g/mol. The topological polar surface area (TPSA) is 71.5 Å². The number of hydrogen-bond donors (Lipinski definition) is 0. The number of amides is 2. The van der Waals surface area contributed by atoms with Gasteiger partial charge < -0.3 is 0 Å². The van der Waals surface area contributed by atoms with Crippen LogP contribution in [0.5, 0.6) is 0 Å². The van der Waals surface area contributed by atoms with Crippen molar-refractivity contribution in [1.29, 1.82) is 0 Å². The van der Waals surface area contributed by atoms with Crippen LogP contribution in [0.3, 0.4) is 0 Å². The van der Waals surface area contributed by atoms with Crippen LogP contribution in [0.25, 0.3) is 0 Å². The molecular formula is C16H16ClNO4S. The molecule has 2 rings (SSSR count). The number of para-hydroxylation sites is 1. The number of anilines is 1. The summed E-state index contributed by atoms with van der Waals surface area (Å²) in [6.45, 7) is 2.33. The first-order valence-corrected chi connectivity index (χ1v) is 8.91. The molecule has 5 nitrogen and oxygen atoms in total. The first-order chi connectivity index (χ1) is 10.7. The third-order valence-electron chi connectivity index (χ3n) is 2.67. The first kappa shape index (κ1) is 18.9. The van der Waals surface area contributed by atoms with Gasteiger partial charge >= 0.3 is 0 Å². The molecule has 0 aliphatic rings. The van der Waals surface area contributed by atoms with Gasteiger partial charge in [-0.25, -0.2) is 13.3 Å². The summed E-state index contributed by atoms with van der Waals surface area (Å²) < 4.78 is 22.6. The Balaban J connectivity index is 0.000000366. The molecule has 0 radical (unpaired) electrons. The van der Waals surface area contributed by atoms with E-state index in [0.717, 1.165) is 4.90 Å². The van der Waals surface area contributed by atoms with Crippen molar-refractivity contribution < 1.29 is 18.0 Å². The maximum Gasteiger partial charge on any atom is 0.263 e. The van der Waals surface area contributed by atoms with Crippen molar-refractivity contribution in [1.82, 2.24) is 0 Å². The molecule has 2 aromatic rings. The van der Waals surface area contributed by atoms with Gasteiger partial charge in [-0.05, 0) is 12.1 Å². The van der Waals surface area contributed by atoms with Crippen LogP contribution in [0, 0.1) is 0 Å². The van der Waals surface area contributed by atoms with Gasteiger partial charge in [0.25, 0.3) is 9.05 Å². The summed E-state index contributed by atoms with van der Waals surface area (Å²) in [6, 6.07) is 17.5.